The summed E-state index contributed by atoms with van der Waals surface area (Å²) in [6.07, 6.45) is 2.46. The maximum absolute atomic E-state index is 5.13. The van der Waals surface area contributed by atoms with Crippen LogP contribution >= 0.6 is 11.3 Å². The van der Waals surface area contributed by atoms with E-state index < -0.39 is 0 Å². The zero-order valence-corrected chi connectivity index (χ0v) is 13.4. The highest BCUT2D eigenvalue weighted by molar-refractivity contribution is 7.09. The second kappa shape index (κ2) is 6.68. The van der Waals surface area contributed by atoms with Crippen LogP contribution in [-0.4, -0.2) is 40.3 Å². The van der Waals surface area contributed by atoms with Crippen molar-refractivity contribution in [2.75, 3.05) is 20.2 Å². The highest BCUT2D eigenvalue weighted by Crippen LogP contribution is 2.27. The average molecular weight is 306 g/mol. The molecule has 1 atom stereocenters. The van der Waals surface area contributed by atoms with Gasteiger partial charge >= 0.3 is 0 Å². The summed E-state index contributed by atoms with van der Waals surface area (Å²) in [5, 5.41) is 10.7. The van der Waals surface area contributed by atoms with E-state index in [1.54, 1.807) is 18.4 Å². The number of rotatable bonds is 5. The van der Waals surface area contributed by atoms with Crippen LogP contribution in [0.5, 0.6) is 0 Å². The van der Waals surface area contributed by atoms with E-state index >= 15 is 0 Å². The van der Waals surface area contributed by atoms with Gasteiger partial charge in [0.25, 0.3) is 0 Å². The molecule has 2 aromatic heterocycles. The van der Waals surface area contributed by atoms with Crippen molar-refractivity contribution < 1.29 is 4.74 Å². The molecule has 1 unspecified atom stereocenters. The summed E-state index contributed by atoms with van der Waals surface area (Å²) >= 11 is 1.68. The van der Waals surface area contributed by atoms with E-state index in [1.165, 1.54) is 18.5 Å². The van der Waals surface area contributed by atoms with E-state index in [-0.39, 0.29) is 0 Å². The fraction of sp³-hybridized carbons (Fsp3) is 0.600. The number of aromatic amines is 1. The van der Waals surface area contributed by atoms with E-state index in [4.69, 9.17) is 4.74 Å². The van der Waals surface area contributed by atoms with Gasteiger partial charge in [-0.1, -0.05) is 0 Å². The van der Waals surface area contributed by atoms with Crippen molar-refractivity contribution >= 4 is 11.3 Å². The van der Waals surface area contributed by atoms with Gasteiger partial charge in [-0.3, -0.25) is 10.00 Å². The minimum Gasteiger partial charge on any atom is -0.378 e. The smallest absolute Gasteiger partial charge is 0.119 e. The van der Waals surface area contributed by atoms with Gasteiger partial charge in [0.15, 0.2) is 0 Å². The number of hydrogen-bond acceptors (Lipinski definition) is 5. The SMILES string of the molecule is COCc1nc(CN2CCCC(c3cc(C)[nH]n3)C2)cs1. The highest BCUT2D eigenvalue weighted by Gasteiger charge is 2.23. The van der Waals surface area contributed by atoms with Crippen molar-refractivity contribution in [2.45, 2.75) is 38.8 Å². The van der Waals surface area contributed by atoms with Crippen LogP contribution in [0, 0.1) is 6.92 Å². The fourth-order valence-corrected chi connectivity index (χ4v) is 3.68. The Morgan fingerprint density at radius 1 is 1.52 bits per heavy atom. The lowest BCUT2D eigenvalue weighted by Gasteiger charge is -2.31. The van der Waals surface area contributed by atoms with Crippen molar-refractivity contribution in [3.8, 4) is 0 Å². The molecule has 1 N–H and O–H groups in total. The van der Waals surface area contributed by atoms with Gasteiger partial charge in [0.05, 0.1) is 18.0 Å². The van der Waals surface area contributed by atoms with E-state index in [9.17, 15) is 0 Å². The largest absolute Gasteiger partial charge is 0.378 e. The van der Waals surface area contributed by atoms with Crippen LogP contribution in [0.15, 0.2) is 11.4 Å². The van der Waals surface area contributed by atoms with Crippen molar-refractivity contribution in [1.29, 1.82) is 0 Å². The van der Waals surface area contributed by atoms with E-state index in [0.717, 1.165) is 36.0 Å². The second-order valence-corrected chi connectivity index (χ2v) is 6.66. The minimum atomic E-state index is 0.542. The molecule has 5 nitrogen and oxygen atoms in total. The first-order chi connectivity index (χ1) is 10.2. The zero-order valence-electron chi connectivity index (χ0n) is 12.6. The van der Waals surface area contributed by atoms with Crippen LogP contribution in [0.3, 0.4) is 0 Å². The van der Waals surface area contributed by atoms with Gasteiger partial charge in [-0.15, -0.1) is 11.3 Å². The van der Waals surface area contributed by atoms with Crippen LogP contribution in [0.1, 0.15) is 40.8 Å². The Balaban J connectivity index is 1.60. The summed E-state index contributed by atoms with van der Waals surface area (Å²) in [6, 6.07) is 2.17. The molecule has 0 aromatic carbocycles. The van der Waals surface area contributed by atoms with Crippen LogP contribution in [-0.2, 0) is 17.9 Å². The molecule has 0 spiro atoms. The van der Waals surface area contributed by atoms with E-state index in [2.05, 4.69) is 38.5 Å². The molecule has 1 aliphatic rings. The van der Waals surface area contributed by atoms with Crippen LogP contribution in [0.4, 0.5) is 0 Å². The topological polar surface area (TPSA) is 54.0 Å². The number of H-pyrrole nitrogens is 1. The number of aryl methyl sites for hydroxylation is 1. The summed E-state index contributed by atoms with van der Waals surface area (Å²) in [7, 11) is 1.71. The van der Waals surface area contributed by atoms with E-state index in [1.807, 2.05) is 0 Å². The van der Waals surface area contributed by atoms with Crippen molar-refractivity contribution in [2.24, 2.45) is 0 Å². The standard InChI is InChI=1S/C15H22N4OS/c1-11-6-14(18-17-11)12-4-3-5-19(7-12)8-13-10-21-15(16-13)9-20-2/h6,10,12H,3-5,7-9H2,1-2H3,(H,17,18). The van der Waals surface area contributed by atoms with Crippen LogP contribution in [0.25, 0.3) is 0 Å². The molecule has 0 radical (unpaired) electrons. The Kier molecular flexibility index (Phi) is 4.67. The van der Waals surface area contributed by atoms with E-state index in [0.29, 0.717) is 12.5 Å². The Morgan fingerprint density at radius 3 is 3.19 bits per heavy atom. The maximum atomic E-state index is 5.13. The van der Waals surface area contributed by atoms with Gasteiger partial charge in [-0.2, -0.15) is 5.10 Å². The molecular formula is C15H22N4OS. The Hall–Kier alpha value is -1.24. The lowest BCUT2D eigenvalue weighted by Crippen LogP contribution is -2.34. The summed E-state index contributed by atoms with van der Waals surface area (Å²) in [4.78, 5) is 7.12. The first-order valence-electron chi connectivity index (χ1n) is 7.41. The Bertz CT molecular complexity index is 580. The first-order valence-corrected chi connectivity index (χ1v) is 8.29. The molecular weight excluding hydrogens is 284 g/mol. The predicted octanol–water partition coefficient (Wildman–Crippen LogP) is 2.70. The molecule has 114 valence electrons. The molecule has 2 aromatic rings. The number of ether oxygens (including phenoxy) is 1. The summed E-state index contributed by atoms with van der Waals surface area (Å²) in [6.45, 7) is 5.82. The summed E-state index contributed by atoms with van der Waals surface area (Å²) < 4.78 is 5.13. The molecule has 6 heteroatoms. The van der Waals surface area contributed by atoms with Crippen LogP contribution in [0.2, 0.25) is 0 Å². The number of likely N-dealkylation sites (tertiary alicyclic amines) is 1. The van der Waals surface area contributed by atoms with Crippen LogP contribution < -0.4 is 0 Å². The minimum absolute atomic E-state index is 0.542. The number of hydrogen-bond donors (Lipinski definition) is 1. The Morgan fingerprint density at radius 2 is 2.43 bits per heavy atom. The molecule has 3 rings (SSSR count). The number of piperidine rings is 1. The van der Waals surface area contributed by atoms with Gasteiger partial charge in [0.1, 0.15) is 5.01 Å². The molecule has 0 amide bonds. The lowest BCUT2D eigenvalue weighted by molar-refractivity contribution is 0.182. The quantitative estimate of drug-likeness (QED) is 0.923. The fourth-order valence-electron chi connectivity index (χ4n) is 2.93. The number of methoxy groups -OCH3 is 1. The van der Waals surface area contributed by atoms with Gasteiger partial charge in [-0.25, -0.2) is 4.98 Å². The molecule has 0 saturated carbocycles. The van der Waals surface area contributed by atoms with Crippen molar-refractivity contribution in [3.05, 3.63) is 33.5 Å². The predicted molar refractivity (Wildman–Crippen MR) is 83.4 cm³/mol. The maximum Gasteiger partial charge on any atom is 0.119 e. The molecule has 0 bridgehead atoms. The number of aromatic nitrogens is 3. The van der Waals surface area contributed by atoms with Gasteiger partial charge in [0, 0.05) is 37.2 Å². The number of thiazole rings is 1. The summed E-state index contributed by atoms with van der Waals surface area (Å²) in [5.41, 5.74) is 3.51. The number of nitrogens with zero attached hydrogens (tertiary/aromatic N) is 3. The summed E-state index contributed by atoms with van der Waals surface area (Å²) in [5.74, 6) is 0.542. The average Bonchev–Trinajstić information content (AvgIpc) is 3.09. The molecule has 1 aliphatic heterocycles. The molecule has 0 aliphatic carbocycles. The van der Waals surface area contributed by atoms with Gasteiger partial charge < -0.3 is 4.74 Å². The monoisotopic (exact) mass is 306 g/mol. The van der Waals surface area contributed by atoms with Gasteiger partial charge in [-0.05, 0) is 32.4 Å². The Labute approximate surface area is 129 Å². The third-order valence-electron chi connectivity index (χ3n) is 3.90. The first kappa shape index (κ1) is 14.7. The van der Waals surface area contributed by atoms with Crippen molar-refractivity contribution in [3.63, 3.8) is 0 Å². The third-order valence-corrected chi connectivity index (χ3v) is 4.77. The normalized spacial score (nSPS) is 20.0. The van der Waals surface area contributed by atoms with Crippen molar-refractivity contribution in [1.82, 2.24) is 20.1 Å². The third kappa shape index (κ3) is 3.70. The molecule has 21 heavy (non-hydrogen) atoms. The highest BCUT2D eigenvalue weighted by atomic mass is 32.1. The van der Waals surface area contributed by atoms with Gasteiger partial charge in [0.2, 0.25) is 0 Å². The number of nitrogens with one attached hydrogen (secondary N) is 1. The lowest BCUT2D eigenvalue weighted by atomic mass is 9.94. The molecule has 1 saturated heterocycles. The molecule has 1 fully saturated rings. The second-order valence-electron chi connectivity index (χ2n) is 5.72. The molecule has 3 heterocycles. The zero-order chi connectivity index (χ0) is 14.7.